The summed E-state index contributed by atoms with van der Waals surface area (Å²) in [6.07, 6.45) is 0.835. The van der Waals surface area contributed by atoms with Crippen molar-refractivity contribution < 1.29 is 9.47 Å². The Balaban J connectivity index is 1.71. The molecular formula is C17H21NO2. The highest BCUT2D eigenvalue weighted by Crippen LogP contribution is 2.20. The van der Waals surface area contributed by atoms with Crippen LogP contribution in [0.4, 0.5) is 5.69 Å². The summed E-state index contributed by atoms with van der Waals surface area (Å²) in [5.74, 6) is 1.75. The predicted octanol–water partition coefficient (Wildman–Crippen LogP) is 3.73. The molecule has 2 aromatic carbocycles. The number of hydrogen-bond acceptors (Lipinski definition) is 3. The smallest absolute Gasteiger partial charge is 0.124 e. The van der Waals surface area contributed by atoms with Gasteiger partial charge in [-0.2, -0.15) is 0 Å². The number of ether oxygens (including phenoxy) is 2. The maximum Gasteiger partial charge on any atom is 0.124 e. The summed E-state index contributed by atoms with van der Waals surface area (Å²) < 4.78 is 11.4. The molecule has 2 N–H and O–H groups in total. The van der Waals surface area contributed by atoms with Crippen LogP contribution < -0.4 is 15.2 Å². The molecule has 0 spiro atoms. The fourth-order valence-electron chi connectivity index (χ4n) is 1.84. The molecule has 0 atom stereocenters. The number of rotatable bonds is 6. The van der Waals surface area contributed by atoms with E-state index in [1.807, 2.05) is 49.4 Å². The molecule has 0 amide bonds. The largest absolute Gasteiger partial charge is 0.493 e. The lowest BCUT2D eigenvalue weighted by Crippen LogP contribution is -2.05. The van der Waals surface area contributed by atoms with Crippen molar-refractivity contribution >= 4 is 5.69 Å². The van der Waals surface area contributed by atoms with Crippen LogP contribution in [0.25, 0.3) is 0 Å². The molecule has 0 unspecified atom stereocenters. The molecule has 3 heteroatoms. The van der Waals surface area contributed by atoms with Gasteiger partial charge in [-0.3, -0.25) is 0 Å². The summed E-state index contributed by atoms with van der Waals surface area (Å²) in [4.78, 5) is 0. The summed E-state index contributed by atoms with van der Waals surface area (Å²) in [6.45, 7) is 5.34. The maximum absolute atomic E-state index is 5.74. The van der Waals surface area contributed by atoms with Crippen molar-refractivity contribution in [3.63, 3.8) is 0 Å². The van der Waals surface area contributed by atoms with Gasteiger partial charge in [0.05, 0.1) is 13.2 Å². The topological polar surface area (TPSA) is 44.5 Å². The monoisotopic (exact) mass is 271 g/mol. The Morgan fingerprint density at radius 2 is 1.60 bits per heavy atom. The minimum absolute atomic E-state index is 0.621. The first-order valence-electron chi connectivity index (χ1n) is 6.83. The molecule has 0 heterocycles. The van der Waals surface area contributed by atoms with E-state index in [4.69, 9.17) is 15.2 Å². The normalized spacial score (nSPS) is 10.3. The van der Waals surface area contributed by atoms with Gasteiger partial charge in [-0.15, -0.1) is 0 Å². The van der Waals surface area contributed by atoms with Gasteiger partial charge in [0.15, 0.2) is 0 Å². The number of hydrogen-bond donors (Lipinski definition) is 1. The Kier molecular flexibility index (Phi) is 4.88. The van der Waals surface area contributed by atoms with Gasteiger partial charge in [0.25, 0.3) is 0 Å². The number of benzene rings is 2. The second kappa shape index (κ2) is 6.85. The van der Waals surface area contributed by atoms with Crippen LogP contribution in [0.15, 0.2) is 42.5 Å². The molecular weight excluding hydrogens is 250 g/mol. The lowest BCUT2D eigenvalue weighted by molar-refractivity contribution is 0.246. The van der Waals surface area contributed by atoms with E-state index in [1.54, 1.807) is 0 Å². The van der Waals surface area contributed by atoms with Crippen LogP contribution in [0.1, 0.15) is 17.5 Å². The van der Waals surface area contributed by atoms with Gasteiger partial charge in [0, 0.05) is 18.2 Å². The molecule has 0 aliphatic rings. The third-order valence-corrected chi connectivity index (χ3v) is 3.05. The molecule has 0 aliphatic carbocycles. The number of aryl methyl sites for hydroxylation is 2. The zero-order chi connectivity index (χ0) is 14.4. The number of nitrogens with two attached hydrogens (primary N) is 1. The van der Waals surface area contributed by atoms with E-state index in [-0.39, 0.29) is 0 Å². The second-order valence-corrected chi connectivity index (χ2v) is 4.89. The first-order chi connectivity index (χ1) is 9.65. The molecule has 0 saturated carbocycles. The Labute approximate surface area is 120 Å². The molecule has 0 aliphatic heterocycles. The van der Waals surface area contributed by atoms with Crippen LogP contribution >= 0.6 is 0 Å². The van der Waals surface area contributed by atoms with Gasteiger partial charge in [0.1, 0.15) is 11.5 Å². The molecule has 2 aromatic rings. The zero-order valence-electron chi connectivity index (χ0n) is 12.1. The van der Waals surface area contributed by atoms with Gasteiger partial charge < -0.3 is 15.2 Å². The van der Waals surface area contributed by atoms with Gasteiger partial charge in [-0.1, -0.05) is 23.8 Å². The molecule has 2 rings (SSSR count). The molecule has 3 nitrogen and oxygen atoms in total. The van der Waals surface area contributed by atoms with Crippen molar-refractivity contribution in [3.8, 4) is 11.5 Å². The molecule has 0 radical (unpaired) electrons. The van der Waals surface area contributed by atoms with Gasteiger partial charge >= 0.3 is 0 Å². The highest BCUT2D eigenvalue weighted by Gasteiger charge is 2.00. The summed E-state index contributed by atoms with van der Waals surface area (Å²) in [5.41, 5.74) is 8.80. The average Bonchev–Trinajstić information content (AvgIpc) is 2.44. The van der Waals surface area contributed by atoms with E-state index in [0.29, 0.717) is 13.2 Å². The van der Waals surface area contributed by atoms with Crippen molar-refractivity contribution in [1.29, 1.82) is 0 Å². The van der Waals surface area contributed by atoms with E-state index in [9.17, 15) is 0 Å². The maximum atomic E-state index is 5.74. The predicted molar refractivity (Wildman–Crippen MR) is 82.4 cm³/mol. The molecule has 0 aromatic heterocycles. The molecule has 106 valence electrons. The zero-order valence-corrected chi connectivity index (χ0v) is 12.1. The van der Waals surface area contributed by atoms with Crippen molar-refractivity contribution in [3.05, 3.63) is 53.6 Å². The van der Waals surface area contributed by atoms with Crippen LogP contribution in [0.2, 0.25) is 0 Å². The van der Waals surface area contributed by atoms with Gasteiger partial charge in [-0.25, -0.2) is 0 Å². The summed E-state index contributed by atoms with van der Waals surface area (Å²) in [6, 6.07) is 13.8. The van der Waals surface area contributed by atoms with Crippen molar-refractivity contribution in [1.82, 2.24) is 0 Å². The van der Waals surface area contributed by atoms with E-state index in [2.05, 4.69) is 6.92 Å². The summed E-state index contributed by atoms with van der Waals surface area (Å²) in [5, 5.41) is 0. The van der Waals surface area contributed by atoms with Crippen LogP contribution in [-0.2, 0) is 0 Å². The van der Waals surface area contributed by atoms with Crippen LogP contribution in [0.5, 0.6) is 11.5 Å². The SMILES string of the molecule is Cc1ccc(OCCCOc2cc(N)ccc2C)cc1. The fraction of sp³-hybridized carbons (Fsp3) is 0.294. The second-order valence-electron chi connectivity index (χ2n) is 4.89. The molecule has 20 heavy (non-hydrogen) atoms. The number of anilines is 1. The highest BCUT2D eigenvalue weighted by molar-refractivity contribution is 5.47. The van der Waals surface area contributed by atoms with E-state index in [1.165, 1.54) is 5.56 Å². The summed E-state index contributed by atoms with van der Waals surface area (Å²) in [7, 11) is 0. The fourth-order valence-corrected chi connectivity index (χ4v) is 1.84. The van der Waals surface area contributed by atoms with Crippen molar-refractivity contribution in [2.45, 2.75) is 20.3 Å². The molecule has 0 fully saturated rings. The van der Waals surface area contributed by atoms with Gasteiger partial charge in [-0.05, 0) is 37.6 Å². The highest BCUT2D eigenvalue weighted by atomic mass is 16.5. The third-order valence-electron chi connectivity index (χ3n) is 3.05. The molecule has 0 bridgehead atoms. The lowest BCUT2D eigenvalue weighted by atomic mass is 10.2. The van der Waals surface area contributed by atoms with Crippen molar-refractivity contribution in [2.24, 2.45) is 0 Å². The Morgan fingerprint density at radius 3 is 2.35 bits per heavy atom. The Hall–Kier alpha value is -2.16. The van der Waals surface area contributed by atoms with Crippen LogP contribution in [-0.4, -0.2) is 13.2 Å². The minimum atomic E-state index is 0.621. The quantitative estimate of drug-likeness (QED) is 0.643. The summed E-state index contributed by atoms with van der Waals surface area (Å²) >= 11 is 0. The van der Waals surface area contributed by atoms with Crippen LogP contribution in [0, 0.1) is 13.8 Å². The van der Waals surface area contributed by atoms with E-state index >= 15 is 0 Å². The standard InChI is InChI=1S/C17H21NO2/c1-13-4-8-16(9-5-13)19-10-3-11-20-17-12-15(18)7-6-14(17)2/h4-9,12H,3,10-11,18H2,1-2H3. The average molecular weight is 271 g/mol. The lowest BCUT2D eigenvalue weighted by Gasteiger charge is -2.10. The first-order valence-corrected chi connectivity index (χ1v) is 6.83. The molecule has 0 saturated heterocycles. The Bertz CT molecular complexity index is 549. The third kappa shape index (κ3) is 4.19. The van der Waals surface area contributed by atoms with Crippen molar-refractivity contribution in [2.75, 3.05) is 18.9 Å². The van der Waals surface area contributed by atoms with Crippen LogP contribution in [0.3, 0.4) is 0 Å². The van der Waals surface area contributed by atoms with E-state index < -0.39 is 0 Å². The number of nitrogen functional groups attached to an aromatic ring is 1. The minimum Gasteiger partial charge on any atom is -0.493 e. The van der Waals surface area contributed by atoms with Gasteiger partial charge in [0.2, 0.25) is 0 Å². The van der Waals surface area contributed by atoms with E-state index in [0.717, 1.165) is 29.2 Å². The Morgan fingerprint density at radius 1 is 0.900 bits per heavy atom. The first kappa shape index (κ1) is 14.3.